The van der Waals surface area contributed by atoms with Gasteiger partial charge in [0.15, 0.2) is 0 Å². The lowest BCUT2D eigenvalue weighted by atomic mass is 9.95. The van der Waals surface area contributed by atoms with Gasteiger partial charge in [0.05, 0.1) is 11.6 Å². The number of piperidine rings is 1. The minimum atomic E-state index is -0.539. The highest BCUT2D eigenvalue weighted by molar-refractivity contribution is 6.31. The van der Waals surface area contributed by atoms with E-state index in [9.17, 15) is 18.4 Å². The summed E-state index contributed by atoms with van der Waals surface area (Å²) < 4.78 is 26.8. The van der Waals surface area contributed by atoms with Gasteiger partial charge >= 0.3 is 0 Å². The molecule has 1 aliphatic heterocycles. The zero-order chi connectivity index (χ0) is 21.7. The van der Waals surface area contributed by atoms with Gasteiger partial charge in [0, 0.05) is 18.2 Å². The SMILES string of the molecule is Cc1ccc(CNC(=O)C2CCN(CC(=O)Nc3ccc(F)c(Cl)c3)CC2)cc1F. The highest BCUT2D eigenvalue weighted by Crippen LogP contribution is 2.20. The number of carbonyl (C=O) groups excluding carboxylic acids is 2. The summed E-state index contributed by atoms with van der Waals surface area (Å²) in [6.07, 6.45) is 1.29. The molecule has 1 heterocycles. The Kier molecular flexibility index (Phi) is 7.39. The summed E-state index contributed by atoms with van der Waals surface area (Å²) in [6, 6.07) is 8.95. The van der Waals surface area contributed by atoms with Crippen LogP contribution in [0.4, 0.5) is 14.5 Å². The number of carbonyl (C=O) groups is 2. The second-order valence-electron chi connectivity index (χ2n) is 7.53. The van der Waals surface area contributed by atoms with Gasteiger partial charge in [-0.15, -0.1) is 0 Å². The Bertz CT molecular complexity index is 931. The number of halogens is 3. The first-order valence-electron chi connectivity index (χ1n) is 9.82. The molecule has 8 heteroatoms. The molecular weight excluding hydrogens is 412 g/mol. The Balaban J connectivity index is 1.41. The molecular formula is C22H24ClF2N3O2. The van der Waals surface area contributed by atoms with Crippen molar-refractivity contribution in [3.8, 4) is 0 Å². The first kappa shape index (κ1) is 22.2. The Morgan fingerprint density at radius 3 is 2.50 bits per heavy atom. The number of likely N-dealkylation sites (tertiary alicyclic amines) is 1. The average Bonchev–Trinajstić information content (AvgIpc) is 2.72. The molecule has 1 saturated heterocycles. The molecule has 1 fully saturated rings. The number of nitrogens with one attached hydrogen (secondary N) is 2. The molecule has 2 amide bonds. The van der Waals surface area contributed by atoms with Gasteiger partial charge < -0.3 is 10.6 Å². The molecule has 2 N–H and O–H groups in total. The number of aryl methyl sites for hydroxylation is 1. The third kappa shape index (κ3) is 6.00. The minimum absolute atomic E-state index is 0.0481. The van der Waals surface area contributed by atoms with Crippen molar-refractivity contribution in [3.05, 3.63) is 64.2 Å². The third-order valence-corrected chi connectivity index (χ3v) is 5.52. The standard InChI is InChI=1S/C22H24ClF2N3O2/c1-14-2-3-15(10-20(14)25)12-26-22(30)16-6-8-28(9-7-16)13-21(29)27-17-4-5-19(24)18(23)11-17/h2-5,10-11,16H,6-9,12-13H2,1H3,(H,26,30)(H,27,29). The molecule has 5 nitrogen and oxygen atoms in total. The van der Waals surface area contributed by atoms with Crippen LogP contribution in [0.25, 0.3) is 0 Å². The quantitative estimate of drug-likeness (QED) is 0.723. The molecule has 3 rings (SSSR count). The number of anilines is 1. The summed E-state index contributed by atoms with van der Waals surface area (Å²) in [4.78, 5) is 26.6. The van der Waals surface area contributed by atoms with Gasteiger partial charge in [-0.3, -0.25) is 14.5 Å². The van der Waals surface area contributed by atoms with Crippen LogP contribution in [0.2, 0.25) is 5.02 Å². The van der Waals surface area contributed by atoms with E-state index in [1.165, 1.54) is 24.3 Å². The summed E-state index contributed by atoms with van der Waals surface area (Å²) >= 11 is 5.72. The van der Waals surface area contributed by atoms with Gasteiger partial charge in [0.25, 0.3) is 0 Å². The van der Waals surface area contributed by atoms with Crippen molar-refractivity contribution in [2.45, 2.75) is 26.3 Å². The number of benzene rings is 2. The third-order valence-electron chi connectivity index (χ3n) is 5.23. The second-order valence-corrected chi connectivity index (χ2v) is 7.94. The van der Waals surface area contributed by atoms with E-state index in [2.05, 4.69) is 10.6 Å². The number of hydrogen-bond donors (Lipinski definition) is 2. The number of hydrogen-bond acceptors (Lipinski definition) is 3. The molecule has 0 aliphatic carbocycles. The van der Waals surface area contributed by atoms with Crippen LogP contribution in [0.5, 0.6) is 0 Å². The Morgan fingerprint density at radius 1 is 1.10 bits per heavy atom. The highest BCUT2D eigenvalue weighted by Gasteiger charge is 2.25. The van der Waals surface area contributed by atoms with Crippen LogP contribution in [0, 0.1) is 24.5 Å². The predicted molar refractivity (Wildman–Crippen MR) is 112 cm³/mol. The minimum Gasteiger partial charge on any atom is -0.352 e. The molecule has 30 heavy (non-hydrogen) atoms. The number of nitrogens with zero attached hydrogens (tertiary/aromatic N) is 1. The van der Waals surface area contributed by atoms with E-state index in [1.807, 2.05) is 4.90 Å². The Hall–Kier alpha value is -2.51. The maximum Gasteiger partial charge on any atom is 0.238 e. The average molecular weight is 436 g/mol. The molecule has 0 atom stereocenters. The summed E-state index contributed by atoms with van der Waals surface area (Å²) in [5.41, 5.74) is 1.73. The van der Waals surface area contributed by atoms with Crippen molar-refractivity contribution >= 4 is 29.1 Å². The fourth-order valence-electron chi connectivity index (χ4n) is 3.41. The summed E-state index contributed by atoms with van der Waals surface area (Å²) in [5, 5.41) is 5.52. The van der Waals surface area contributed by atoms with Crippen molar-refractivity contribution in [2.24, 2.45) is 5.92 Å². The van der Waals surface area contributed by atoms with E-state index in [4.69, 9.17) is 11.6 Å². The lowest BCUT2D eigenvalue weighted by molar-refractivity contribution is -0.126. The van der Waals surface area contributed by atoms with Crippen LogP contribution in [-0.4, -0.2) is 36.3 Å². The van der Waals surface area contributed by atoms with Crippen LogP contribution >= 0.6 is 11.6 Å². The smallest absolute Gasteiger partial charge is 0.238 e. The van der Waals surface area contributed by atoms with Gasteiger partial charge in [-0.1, -0.05) is 23.7 Å². The van der Waals surface area contributed by atoms with Crippen molar-refractivity contribution < 1.29 is 18.4 Å². The topological polar surface area (TPSA) is 61.4 Å². The van der Waals surface area contributed by atoms with Gasteiger partial charge in [0.1, 0.15) is 11.6 Å². The van der Waals surface area contributed by atoms with Crippen LogP contribution < -0.4 is 10.6 Å². The monoisotopic (exact) mass is 435 g/mol. The molecule has 0 saturated carbocycles. The molecule has 160 valence electrons. The fraction of sp³-hybridized carbons (Fsp3) is 0.364. The van der Waals surface area contributed by atoms with Gasteiger partial charge in [0.2, 0.25) is 11.8 Å². The molecule has 2 aromatic carbocycles. The summed E-state index contributed by atoms with van der Waals surface area (Å²) in [6.45, 7) is 3.41. The number of amides is 2. The van der Waals surface area contributed by atoms with E-state index in [0.717, 1.165) is 5.56 Å². The van der Waals surface area contributed by atoms with Crippen molar-refractivity contribution in [1.29, 1.82) is 0 Å². The van der Waals surface area contributed by atoms with E-state index < -0.39 is 5.82 Å². The molecule has 2 aromatic rings. The van der Waals surface area contributed by atoms with E-state index in [1.54, 1.807) is 19.1 Å². The Labute approximate surface area is 179 Å². The largest absolute Gasteiger partial charge is 0.352 e. The van der Waals surface area contributed by atoms with Crippen molar-refractivity contribution in [1.82, 2.24) is 10.2 Å². The molecule has 0 aromatic heterocycles. The van der Waals surface area contributed by atoms with Crippen molar-refractivity contribution in [2.75, 3.05) is 25.0 Å². The number of rotatable bonds is 6. The summed E-state index contributed by atoms with van der Waals surface area (Å²) in [7, 11) is 0. The normalized spacial score (nSPS) is 15.1. The van der Waals surface area contributed by atoms with Gasteiger partial charge in [-0.2, -0.15) is 0 Å². The summed E-state index contributed by atoms with van der Waals surface area (Å²) in [5.74, 6) is -1.22. The lowest BCUT2D eigenvalue weighted by Crippen LogP contribution is -2.43. The zero-order valence-electron chi connectivity index (χ0n) is 16.7. The molecule has 0 spiro atoms. The molecule has 1 aliphatic rings. The maximum atomic E-state index is 13.6. The first-order chi connectivity index (χ1) is 14.3. The molecule has 0 bridgehead atoms. The highest BCUT2D eigenvalue weighted by atomic mass is 35.5. The van der Waals surface area contributed by atoms with Gasteiger partial charge in [-0.25, -0.2) is 8.78 Å². The molecule has 0 unspecified atom stereocenters. The van der Waals surface area contributed by atoms with Gasteiger partial charge in [-0.05, 0) is 68.2 Å². The first-order valence-corrected chi connectivity index (χ1v) is 10.2. The second kappa shape index (κ2) is 10.00. The van der Waals surface area contributed by atoms with E-state index in [0.29, 0.717) is 43.7 Å². The van der Waals surface area contributed by atoms with Crippen LogP contribution in [0.3, 0.4) is 0 Å². The molecule has 0 radical (unpaired) electrons. The lowest BCUT2D eigenvalue weighted by Gasteiger charge is -2.30. The van der Waals surface area contributed by atoms with E-state index >= 15 is 0 Å². The predicted octanol–water partition coefficient (Wildman–Crippen LogP) is 3.89. The fourth-order valence-corrected chi connectivity index (χ4v) is 3.59. The van der Waals surface area contributed by atoms with Crippen LogP contribution in [0.1, 0.15) is 24.0 Å². The van der Waals surface area contributed by atoms with E-state index in [-0.39, 0.29) is 35.1 Å². The maximum absolute atomic E-state index is 13.6. The Morgan fingerprint density at radius 2 is 1.83 bits per heavy atom. The van der Waals surface area contributed by atoms with Crippen molar-refractivity contribution in [3.63, 3.8) is 0 Å². The zero-order valence-corrected chi connectivity index (χ0v) is 17.4. The van der Waals surface area contributed by atoms with Crippen LogP contribution in [-0.2, 0) is 16.1 Å². The van der Waals surface area contributed by atoms with Crippen LogP contribution in [0.15, 0.2) is 36.4 Å².